The molecule has 0 aliphatic carbocycles. The molecule has 2 saturated heterocycles. The first-order valence-corrected chi connectivity index (χ1v) is 14.8. The zero-order chi connectivity index (χ0) is 31.8. The summed E-state index contributed by atoms with van der Waals surface area (Å²) in [4.78, 5) is 71.9. The van der Waals surface area contributed by atoms with Crippen molar-refractivity contribution in [3.63, 3.8) is 0 Å². The minimum Gasteiger partial charge on any atom is -0.483 e. The predicted molar refractivity (Wildman–Crippen MR) is 157 cm³/mol. The number of hydrogen-bond acceptors (Lipinski definition) is 9. The fraction of sp³-hybridized carbons (Fsp3) is 0.533. The molecular weight excluding hydrogens is 574 g/mol. The number of aliphatic carboxylic acids is 1. The summed E-state index contributed by atoms with van der Waals surface area (Å²) in [5.41, 5.74) is 1.24. The Morgan fingerprint density at radius 1 is 1.05 bits per heavy atom. The summed E-state index contributed by atoms with van der Waals surface area (Å²) in [7, 11) is 0. The fourth-order valence-corrected chi connectivity index (χ4v) is 4.91. The highest BCUT2D eigenvalue weighted by molar-refractivity contribution is 5.99. The molecule has 0 saturated carbocycles. The van der Waals surface area contributed by atoms with Crippen LogP contribution >= 0.6 is 0 Å². The maximum absolute atomic E-state index is 13.5. The Bertz CT molecular complexity index is 1390. The molecule has 238 valence electrons. The largest absolute Gasteiger partial charge is 0.483 e. The van der Waals surface area contributed by atoms with Crippen LogP contribution in [-0.2, 0) is 19.1 Å². The molecule has 2 aliphatic rings. The van der Waals surface area contributed by atoms with E-state index in [4.69, 9.17) is 9.47 Å². The van der Waals surface area contributed by atoms with Crippen LogP contribution < -0.4 is 10.1 Å². The number of carboxylic acid groups (broad SMARTS) is 1. The maximum Gasteiger partial charge on any atom is 0.409 e. The average Bonchev–Trinajstić information content (AvgIpc) is 2.99. The van der Waals surface area contributed by atoms with Crippen molar-refractivity contribution >= 4 is 40.7 Å². The number of benzene rings is 1. The molecule has 1 atom stereocenters. The minimum absolute atomic E-state index is 0.0716. The van der Waals surface area contributed by atoms with Gasteiger partial charge in [0.1, 0.15) is 17.5 Å². The molecule has 4 rings (SSSR count). The molecule has 14 heteroatoms. The van der Waals surface area contributed by atoms with Crippen molar-refractivity contribution in [2.75, 3.05) is 52.5 Å². The molecule has 0 bridgehead atoms. The number of rotatable bonds is 12. The molecule has 3 heterocycles. The number of aliphatic hydroxyl groups excluding tert-OH is 1. The SMILES string of the molecule is CCCCOC(=O)N1CCN(C(=O)[C@H](CCC(=O)O)NC(=O)c2cc(OCC(=O)N3CC(O)C3)c3ccc(C)cc3n2)CC1. The number of aromatic nitrogens is 1. The highest BCUT2D eigenvalue weighted by Gasteiger charge is 2.32. The van der Waals surface area contributed by atoms with E-state index in [2.05, 4.69) is 10.3 Å². The van der Waals surface area contributed by atoms with Gasteiger partial charge in [0.25, 0.3) is 11.8 Å². The third kappa shape index (κ3) is 8.34. The van der Waals surface area contributed by atoms with Gasteiger partial charge in [0, 0.05) is 57.1 Å². The van der Waals surface area contributed by atoms with Crippen LogP contribution in [0.15, 0.2) is 24.3 Å². The first-order chi connectivity index (χ1) is 21.0. The van der Waals surface area contributed by atoms with Crippen LogP contribution in [0.25, 0.3) is 10.9 Å². The number of carbonyl (C=O) groups is 5. The summed E-state index contributed by atoms with van der Waals surface area (Å²) < 4.78 is 11.0. The molecule has 44 heavy (non-hydrogen) atoms. The normalized spacial score (nSPS) is 15.8. The zero-order valence-electron chi connectivity index (χ0n) is 25.0. The molecule has 1 aromatic carbocycles. The number of unbranched alkanes of at least 4 members (excludes halogenated alkanes) is 1. The Balaban J connectivity index is 1.47. The van der Waals surface area contributed by atoms with Gasteiger partial charge in [-0.05, 0) is 37.5 Å². The lowest BCUT2D eigenvalue weighted by molar-refractivity contribution is -0.143. The van der Waals surface area contributed by atoms with Gasteiger partial charge in [0.15, 0.2) is 6.61 Å². The van der Waals surface area contributed by atoms with Gasteiger partial charge in [-0.2, -0.15) is 0 Å². The second kappa shape index (κ2) is 14.8. The number of hydrogen-bond donors (Lipinski definition) is 3. The number of β-amino-alcohol motifs (C(OH)–C–C–N with tert-alkyl or cyclic N) is 1. The summed E-state index contributed by atoms with van der Waals surface area (Å²) in [5, 5.41) is 22.0. The van der Waals surface area contributed by atoms with E-state index in [-0.39, 0.29) is 76.1 Å². The quantitative estimate of drug-likeness (QED) is 0.294. The van der Waals surface area contributed by atoms with Crippen molar-refractivity contribution in [2.24, 2.45) is 0 Å². The third-order valence-corrected chi connectivity index (χ3v) is 7.55. The Hall–Kier alpha value is -4.46. The lowest BCUT2D eigenvalue weighted by Crippen LogP contribution is -2.56. The second-order valence-electron chi connectivity index (χ2n) is 11.0. The first kappa shape index (κ1) is 32.5. The Morgan fingerprint density at radius 3 is 2.41 bits per heavy atom. The van der Waals surface area contributed by atoms with Crippen LogP contribution in [0.2, 0.25) is 0 Å². The van der Waals surface area contributed by atoms with E-state index in [1.54, 1.807) is 12.1 Å². The Kier molecular flexibility index (Phi) is 10.9. The van der Waals surface area contributed by atoms with Crippen LogP contribution in [0.4, 0.5) is 4.79 Å². The van der Waals surface area contributed by atoms with Crippen molar-refractivity contribution in [2.45, 2.75) is 51.7 Å². The number of carboxylic acids is 1. The van der Waals surface area contributed by atoms with Crippen molar-refractivity contribution < 1.29 is 43.7 Å². The van der Waals surface area contributed by atoms with Crippen LogP contribution in [0.3, 0.4) is 0 Å². The van der Waals surface area contributed by atoms with Crippen LogP contribution in [0.1, 0.15) is 48.7 Å². The fourth-order valence-electron chi connectivity index (χ4n) is 4.91. The number of carbonyl (C=O) groups excluding carboxylic acids is 4. The maximum atomic E-state index is 13.5. The van der Waals surface area contributed by atoms with E-state index in [0.29, 0.717) is 17.5 Å². The Morgan fingerprint density at radius 2 is 1.75 bits per heavy atom. The number of piperazine rings is 1. The van der Waals surface area contributed by atoms with Crippen LogP contribution in [0.5, 0.6) is 5.75 Å². The summed E-state index contributed by atoms with van der Waals surface area (Å²) in [6.45, 7) is 5.24. The number of nitrogens with one attached hydrogen (secondary N) is 1. The van der Waals surface area contributed by atoms with Crippen molar-refractivity contribution in [1.29, 1.82) is 0 Å². The van der Waals surface area contributed by atoms with Gasteiger partial charge < -0.3 is 39.7 Å². The number of ether oxygens (including phenoxy) is 2. The van der Waals surface area contributed by atoms with Gasteiger partial charge in [-0.3, -0.25) is 19.2 Å². The number of amides is 4. The molecule has 2 aromatic rings. The number of fused-ring (bicyclic) bond motifs is 1. The molecule has 0 unspecified atom stereocenters. The summed E-state index contributed by atoms with van der Waals surface area (Å²) in [5.74, 6) is -2.37. The third-order valence-electron chi connectivity index (χ3n) is 7.55. The summed E-state index contributed by atoms with van der Waals surface area (Å²) >= 11 is 0. The van der Waals surface area contributed by atoms with Gasteiger partial charge in [0.2, 0.25) is 5.91 Å². The van der Waals surface area contributed by atoms with Crippen molar-refractivity contribution in [1.82, 2.24) is 25.0 Å². The number of likely N-dealkylation sites (tertiary alicyclic amines) is 1. The van der Waals surface area contributed by atoms with E-state index in [0.717, 1.165) is 18.4 Å². The number of pyridine rings is 1. The molecule has 2 aliphatic heterocycles. The van der Waals surface area contributed by atoms with Crippen LogP contribution in [-0.4, -0.2) is 124 Å². The zero-order valence-corrected chi connectivity index (χ0v) is 25.0. The summed E-state index contributed by atoms with van der Waals surface area (Å²) in [6.07, 6.45) is 0.160. The molecule has 4 amide bonds. The molecule has 1 aromatic heterocycles. The van der Waals surface area contributed by atoms with E-state index in [1.165, 1.54) is 20.8 Å². The molecule has 14 nitrogen and oxygen atoms in total. The second-order valence-corrected chi connectivity index (χ2v) is 11.0. The van der Waals surface area contributed by atoms with Crippen molar-refractivity contribution in [3.8, 4) is 5.75 Å². The highest BCUT2D eigenvalue weighted by Crippen LogP contribution is 2.27. The van der Waals surface area contributed by atoms with E-state index < -0.39 is 36.0 Å². The standard InChI is InChI=1S/C30H39N5O9/c1-3-4-13-43-30(42)34-11-9-33(10-12-34)29(41)22(7-8-27(38)39)32-28(40)24-15-25(21-6-5-19(2)14-23(21)31-24)44-18-26(37)35-16-20(36)17-35/h5-6,14-15,20,22,36H,3-4,7-13,16-18H2,1-2H3,(H,32,40)(H,38,39)/t22-/m0/s1. The minimum atomic E-state index is -1.15. The lowest BCUT2D eigenvalue weighted by Gasteiger charge is -2.36. The smallest absolute Gasteiger partial charge is 0.409 e. The number of aryl methyl sites for hydroxylation is 1. The topological polar surface area (TPSA) is 179 Å². The van der Waals surface area contributed by atoms with E-state index in [9.17, 15) is 34.2 Å². The highest BCUT2D eigenvalue weighted by atomic mass is 16.6. The van der Waals surface area contributed by atoms with Gasteiger partial charge in [-0.1, -0.05) is 19.4 Å². The average molecular weight is 614 g/mol. The van der Waals surface area contributed by atoms with E-state index in [1.807, 2.05) is 19.9 Å². The molecule has 3 N–H and O–H groups in total. The van der Waals surface area contributed by atoms with Gasteiger partial charge in [-0.25, -0.2) is 9.78 Å². The molecule has 0 radical (unpaired) electrons. The van der Waals surface area contributed by atoms with Crippen molar-refractivity contribution in [3.05, 3.63) is 35.5 Å². The Labute approximate surface area is 254 Å². The lowest BCUT2D eigenvalue weighted by atomic mass is 10.1. The van der Waals surface area contributed by atoms with Gasteiger partial charge in [0.05, 0.1) is 18.2 Å². The van der Waals surface area contributed by atoms with E-state index >= 15 is 0 Å². The number of nitrogens with zero attached hydrogens (tertiary/aromatic N) is 4. The molecular formula is C30H39N5O9. The molecule has 0 spiro atoms. The van der Waals surface area contributed by atoms with Gasteiger partial charge >= 0.3 is 12.1 Å². The summed E-state index contributed by atoms with van der Waals surface area (Å²) in [6, 6.07) is 5.60. The van der Waals surface area contributed by atoms with Gasteiger partial charge in [-0.15, -0.1) is 0 Å². The molecule has 2 fully saturated rings. The first-order valence-electron chi connectivity index (χ1n) is 14.8. The monoisotopic (exact) mass is 613 g/mol. The predicted octanol–water partition coefficient (Wildman–Crippen LogP) is 1.17. The number of aliphatic hydroxyl groups is 1. The van der Waals surface area contributed by atoms with Crippen LogP contribution in [0, 0.1) is 6.92 Å².